The summed E-state index contributed by atoms with van der Waals surface area (Å²) in [5.41, 5.74) is -10.3. The Kier molecular flexibility index (Phi) is 27.1. The van der Waals surface area contributed by atoms with Crippen molar-refractivity contribution in [2.75, 3.05) is 67.9 Å². The zero-order valence-corrected chi connectivity index (χ0v) is 81.4. The molecule has 48 heteroatoms. The predicted octanol–water partition coefficient (Wildman–Crippen LogP) is 19.6. The van der Waals surface area contributed by atoms with E-state index >= 15 is 0 Å². The highest BCUT2D eigenvalue weighted by atomic mass is 35.5. The Labute approximate surface area is 883 Å². The van der Waals surface area contributed by atoms with Gasteiger partial charge in [-0.15, -0.1) is 0 Å². The van der Waals surface area contributed by atoms with E-state index in [9.17, 15) is 106 Å². The predicted molar refractivity (Wildman–Crippen MR) is 518 cm³/mol. The largest absolute Gasteiger partial charge is 0.463 e. The molecule has 0 amide bonds. The van der Waals surface area contributed by atoms with Gasteiger partial charge in [0, 0.05) is 11.0 Å². The summed E-state index contributed by atoms with van der Waals surface area (Å²) in [4.78, 5) is 73.7. The summed E-state index contributed by atoms with van der Waals surface area (Å²) in [5, 5.41) is -19.3. The van der Waals surface area contributed by atoms with Gasteiger partial charge >= 0.3 is 35.8 Å². The molecular weight excluding hydrogens is 2070 g/mol. The van der Waals surface area contributed by atoms with Crippen molar-refractivity contribution in [1.29, 1.82) is 0 Å². The summed E-state index contributed by atoms with van der Waals surface area (Å²) in [6.45, 7) is 7.75. The van der Waals surface area contributed by atoms with Crippen LogP contribution in [-0.2, 0) is 117 Å². The number of sulfonamides is 6. The third-order valence-electron chi connectivity index (χ3n) is 17.3. The van der Waals surface area contributed by atoms with Gasteiger partial charge in [-0.1, -0.05) is 106 Å². The molecule has 0 saturated heterocycles. The summed E-state index contributed by atoms with van der Waals surface area (Å²) in [7, 11) is -30.2. The number of benzene rings is 6. The minimum Gasteiger partial charge on any atom is -0.463 e. The first-order chi connectivity index (χ1) is 80.9. The van der Waals surface area contributed by atoms with Gasteiger partial charge in [-0.3, -0.25) is 28.3 Å². The number of esters is 6. The first-order valence-corrected chi connectivity index (χ1v) is 50.7. The zero-order valence-electron chi connectivity index (χ0n) is 111. The molecule has 0 bridgehead atoms. The summed E-state index contributed by atoms with van der Waals surface area (Å²) in [6, 6.07) is -22.4. The van der Waals surface area contributed by atoms with Crippen molar-refractivity contribution in [1.82, 2.24) is 0 Å². The minimum absolute atomic E-state index is 0.0248. The third kappa shape index (κ3) is 33.8. The first kappa shape index (κ1) is 69.3. The quantitative estimate of drug-likeness (QED) is 0.0139. The molecule has 0 radical (unpaired) electrons. The van der Waals surface area contributed by atoms with E-state index in [0.29, 0.717) is 6.08 Å². The van der Waals surface area contributed by atoms with E-state index in [4.69, 9.17) is 152 Å². The Morgan fingerprint density at radius 2 is 0.507 bits per heavy atom. The van der Waals surface area contributed by atoms with E-state index in [1.165, 1.54) is 41.5 Å². The van der Waals surface area contributed by atoms with Crippen LogP contribution in [-0.4, -0.2) is 157 Å². The summed E-state index contributed by atoms with van der Waals surface area (Å²) >= 11 is 34.7. The van der Waals surface area contributed by atoms with Gasteiger partial charge in [0.1, 0.15) is 66.3 Å². The molecule has 6 aliphatic carbocycles. The Morgan fingerprint density at radius 1 is 0.304 bits per heavy atom. The molecular formula is C90H102Cl6F6N6O24S6. The number of carbonyl (C=O) groups excluding carboxylic acids is 6. The summed E-state index contributed by atoms with van der Waals surface area (Å²) in [6.07, 6.45) is -11.8. The molecule has 0 spiro atoms. The van der Waals surface area contributed by atoms with Crippen LogP contribution >= 0.6 is 69.6 Å². The van der Waals surface area contributed by atoms with Crippen molar-refractivity contribution < 1.29 is 188 Å². The van der Waals surface area contributed by atoms with Crippen molar-refractivity contribution in [3.05, 3.63) is 244 Å². The van der Waals surface area contributed by atoms with Crippen LogP contribution in [0.15, 0.2) is 179 Å². The minimum atomic E-state index is -5.37. The number of hydrogen-bond donors (Lipinski definition) is 6. The molecule has 6 aromatic rings. The molecule has 12 rings (SSSR count). The van der Waals surface area contributed by atoms with Gasteiger partial charge in [0.25, 0.3) is 0 Å². The Morgan fingerprint density at radius 3 is 0.826 bits per heavy atom. The molecule has 0 saturated carbocycles. The molecule has 6 N–H and O–H groups in total. The molecule has 0 fully saturated rings. The van der Waals surface area contributed by atoms with Crippen LogP contribution in [0.3, 0.4) is 0 Å². The zero-order chi connectivity index (χ0) is 137. The molecule has 30 nitrogen and oxygen atoms in total. The van der Waals surface area contributed by atoms with Crippen LogP contribution in [0.2, 0.25) is 38.6 Å². The lowest BCUT2D eigenvalue weighted by atomic mass is 9.99. The fraction of sp³-hybridized carbons (Fsp3) is 0.400. The molecule has 0 unspecified atom stereocenters. The molecule has 756 valence electrons. The SMILES string of the molecule is [2H]C1=C(C(=O)OCC)[C@H](S(=O)(=O)N([2H])c2c([2H])c([2H])c(F)c([2H])c2Cl)CCC1.[2H]C1=C(C(=O)OCC)[C@H](S(=O)(=O)N([2H])c2c([2H])c([2H])c(F)c([2H])c2Cl)CCC1([2H])[2H].[2H]C1=C(C(=O)OCC)[C@]([2H])(S(=O)(=O)N([2H])c2c([2H])c([2H])c(F)c([2H])c2Cl)CCC1.[2H]C1=C(C(=O)OCC)[C@]([2H])(S(=O)(=O)N([2H])c2c([2H])c([2H])c(F)c([2H])c2Cl)CCC1([2H])[2H].[2H]c1c([2H])c(N([2H])S(=O)(=O)[C@@H]2CCC([2H])([2H])C=C2C(=O)OCC)c(Cl)c([2H])c1F.[2H]c1c([2H])c(N([2H])S(=O)(=O)[C@]2([2H])CCC([2H])([2H])C=C2C(=O)OCC)c(Cl)c([2H])c1F. The average Bonchev–Trinajstić information content (AvgIpc) is 0.682. The summed E-state index contributed by atoms with van der Waals surface area (Å²) in [5.74, 6) is -16.0. The maximum absolute atomic E-state index is 13.8. The maximum Gasteiger partial charge on any atom is 0.335 e. The van der Waals surface area contributed by atoms with Gasteiger partial charge in [-0.05, 0) is 266 Å². The fourth-order valence-electron chi connectivity index (χ4n) is 11.4. The standard InChI is InChI=1S/6C15H17ClFNO4S/c6*1-2-22-15(19)11-5-3-4-6-14(11)23(20,21)18-13-8-7-10(17)9-12(13)16/h6*5,7-9,14,18H,2-4,6H2,1H3/t6*14-/m111111/s1/i3D2,5D,7D,8D,9D,14D;5D,7D,8D,9D,14D;3D2,7D,8D,9D,14D;3D2,5D,7D,8D,9D;5D,7D,8D,9D;3D2,7D,8D,9D/hD6. The van der Waals surface area contributed by atoms with Crippen LogP contribution < -0.4 is 28.3 Å². The third-order valence-corrected chi connectivity index (χ3v) is 28.2. The molecule has 6 aromatic carbocycles. The van der Waals surface area contributed by atoms with Gasteiger partial charge in [-0.2, -0.15) is 0 Å². The van der Waals surface area contributed by atoms with E-state index in [-0.39, 0.29) is 109 Å². The van der Waals surface area contributed by atoms with Crippen LogP contribution in [0.25, 0.3) is 0 Å². The Balaban J connectivity index is 0.000000284. The average molecular weight is 2210 g/mol. The lowest BCUT2D eigenvalue weighted by Gasteiger charge is -2.24. The first-order valence-electron chi connectivity index (χ1n) is 58.8. The van der Waals surface area contributed by atoms with Crippen LogP contribution in [0.5, 0.6) is 0 Å². The number of carbonyl (C=O) groups is 6. The van der Waals surface area contributed by atoms with Crippen LogP contribution in [0.1, 0.15) is 202 Å². The number of ether oxygens (including phenoxy) is 6. The lowest BCUT2D eigenvalue weighted by molar-refractivity contribution is -0.139. The van der Waals surface area contributed by atoms with Gasteiger partial charge < -0.3 is 28.4 Å². The number of hydrogen-bond acceptors (Lipinski definition) is 24. The number of nitrogens with one attached hydrogen (secondary N) is 6. The van der Waals surface area contributed by atoms with Crippen LogP contribution in [0, 0.1) is 34.9 Å². The van der Waals surface area contributed by atoms with E-state index in [1.807, 2.05) is 0 Å². The van der Waals surface area contributed by atoms with Crippen LogP contribution in [0.4, 0.5) is 60.5 Å². The van der Waals surface area contributed by atoms with Crippen molar-refractivity contribution in [2.24, 2.45) is 0 Å². The second-order valence-corrected chi connectivity index (χ2v) is 39.1. The molecule has 0 aromatic heterocycles. The number of halogens is 12. The maximum atomic E-state index is 13.8. The molecule has 6 aliphatic rings. The normalized spacial score (nSPS) is 25.6. The second-order valence-electron chi connectivity index (χ2n) is 26.6. The van der Waals surface area contributed by atoms with Crippen molar-refractivity contribution in [2.45, 2.75) is 188 Å². The lowest BCUT2D eigenvalue weighted by Crippen LogP contribution is -2.34. The number of allylic oxidation sites excluding steroid dienone is 6. The highest BCUT2D eigenvalue weighted by Gasteiger charge is 2.42. The van der Waals surface area contributed by atoms with Crippen molar-refractivity contribution >= 4 is 200 Å². The molecule has 0 aliphatic heterocycles. The highest BCUT2D eigenvalue weighted by molar-refractivity contribution is 7.95. The van der Waals surface area contributed by atoms with Gasteiger partial charge in [0.05, 0.1) is 172 Å². The molecule has 138 heavy (non-hydrogen) atoms. The second kappa shape index (κ2) is 53.9. The number of anilines is 6. The molecule has 0 heterocycles. The van der Waals surface area contributed by atoms with Crippen molar-refractivity contribution in [3.8, 4) is 0 Å². The van der Waals surface area contributed by atoms with E-state index in [2.05, 4.69) is 0 Å². The van der Waals surface area contributed by atoms with Crippen molar-refractivity contribution in [3.63, 3.8) is 0 Å². The Bertz CT molecular complexity index is 8430. The summed E-state index contributed by atoms with van der Waals surface area (Å²) < 4.78 is 572. The topological polar surface area (TPSA) is 435 Å². The number of rotatable bonds is 30. The smallest absolute Gasteiger partial charge is 0.335 e. The highest BCUT2D eigenvalue weighted by Crippen LogP contribution is 2.39. The van der Waals surface area contributed by atoms with Gasteiger partial charge in [-0.25, -0.2) is 106 Å². The van der Waals surface area contributed by atoms with E-state index < -0.39 is 467 Å². The van der Waals surface area contributed by atoms with Gasteiger partial charge in [0.2, 0.25) is 60.1 Å². The Hall–Kier alpha value is -9.60. The monoisotopic (exact) mass is 2210 g/mol. The fourth-order valence-corrected chi connectivity index (χ4v) is 20.8. The molecule has 6 atom stereocenters. The van der Waals surface area contributed by atoms with E-state index in [1.54, 1.807) is 0 Å². The van der Waals surface area contributed by atoms with Gasteiger partial charge in [0.15, 0.2) is 8.47 Å². The van der Waals surface area contributed by atoms with E-state index in [0.717, 1.165) is 6.08 Å².